The smallest absolute Gasteiger partial charge is 0.191 e. The van der Waals surface area contributed by atoms with Crippen LogP contribution in [-0.2, 0) is 9.47 Å². The molecule has 7 heteroatoms. The fourth-order valence-electron chi connectivity index (χ4n) is 2.70. The Bertz CT molecular complexity index is 345. The van der Waals surface area contributed by atoms with Gasteiger partial charge in [-0.15, -0.1) is 24.0 Å². The van der Waals surface area contributed by atoms with Gasteiger partial charge in [-0.25, -0.2) is 0 Å². The van der Waals surface area contributed by atoms with Gasteiger partial charge in [0.1, 0.15) is 0 Å². The van der Waals surface area contributed by atoms with Crippen molar-refractivity contribution in [3.63, 3.8) is 0 Å². The summed E-state index contributed by atoms with van der Waals surface area (Å²) in [6, 6.07) is 0. The summed E-state index contributed by atoms with van der Waals surface area (Å²) >= 11 is 0. The number of halogens is 1. The van der Waals surface area contributed by atoms with Gasteiger partial charge in [-0.3, -0.25) is 4.99 Å². The summed E-state index contributed by atoms with van der Waals surface area (Å²) < 4.78 is 11.1. The van der Waals surface area contributed by atoms with Crippen molar-refractivity contribution in [2.24, 2.45) is 10.9 Å². The molecule has 1 rings (SSSR count). The molecule has 0 amide bonds. The average molecular weight is 456 g/mol. The summed E-state index contributed by atoms with van der Waals surface area (Å²) in [6.07, 6.45) is 3.08. The molecule has 0 bridgehead atoms. The summed E-state index contributed by atoms with van der Waals surface area (Å²) in [5.74, 6) is 1.46. The Morgan fingerprint density at radius 2 is 1.92 bits per heavy atom. The molecule has 0 atom stereocenters. The van der Waals surface area contributed by atoms with Gasteiger partial charge in [0.15, 0.2) is 5.96 Å². The van der Waals surface area contributed by atoms with E-state index in [0.29, 0.717) is 5.92 Å². The molecule has 6 nitrogen and oxygen atoms in total. The monoisotopic (exact) mass is 456 g/mol. The second-order valence-electron chi connectivity index (χ2n) is 6.91. The lowest BCUT2D eigenvalue weighted by Crippen LogP contribution is -2.57. The van der Waals surface area contributed by atoms with Gasteiger partial charge in [-0.05, 0) is 39.3 Å². The number of aliphatic imine (C=N–C) groups is 1. The second-order valence-corrected chi connectivity index (χ2v) is 6.91. The van der Waals surface area contributed by atoms with E-state index in [1.165, 1.54) is 0 Å². The average Bonchev–Trinajstić information content (AvgIpc) is 2.54. The van der Waals surface area contributed by atoms with Gasteiger partial charge in [0, 0.05) is 52.1 Å². The minimum Gasteiger partial charge on any atom is -0.381 e. The molecule has 0 aromatic rings. The van der Waals surface area contributed by atoms with Crippen LogP contribution in [0.3, 0.4) is 0 Å². The molecule has 0 radical (unpaired) electrons. The first-order valence-corrected chi connectivity index (χ1v) is 8.77. The van der Waals surface area contributed by atoms with E-state index >= 15 is 0 Å². The fourth-order valence-corrected chi connectivity index (χ4v) is 2.70. The van der Waals surface area contributed by atoms with Crippen LogP contribution in [0.2, 0.25) is 0 Å². The van der Waals surface area contributed by atoms with Gasteiger partial charge in [0.2, 0.25) is 0 Å². The first-order valence-electron chi connectivity index (χ1n) is 8.77. The van der Waals surface area contributed by atoms with Gasteiger partial charge < -0.3 is 25.0 Å². The van der Waals surface area contributed by atoms with Gasteiger partial charge in [-0.2, -0.15) is 0 Å². The van der Waals surface area contributed by atoms with E-state index in [-0.39, 0.29) is 29.5 Å². The van der Waals surface area contributed by atoms with E-state index in [4.69, 9.17) is 9.47 Å². The summed E-state index contributed by atoms with van der Waals surface area (Å²) in [5, 5.41) is 6.83. The van der Waals surface area contributed by atoms with Crippen molar-refractivity contribution in [2.75, 3.05) is 60.7 Å². The third kappa shape index (κ3) is 8.82. The number of nitrogens with zero attached hydrogens (tertiary/aromatic N) is 2. The molecule has 0 saturated carbocycles. The lowest BCUT2D eigenvalue weighted by atomic mass is 9.88. The van der Waals surface area contributed by atoms with Gasteiger partial charge in [-0.1, -0.05) is 13.8 Å². The minimum absolute atomic E-state index is 0. The number of likely N-dealkylation sites (N-methyl/N-ethyl adjacent to an activating group) is 1. The van der Waals surface area contributed by atoms with Crippen LogP contribution in [0, 0.1) is 5.92 Å². The highest BCUT2D eigenvalue weighted by Crippen LogP contribution is 2.24. The largest absolute Gasteiger partial charge is 0.381 e. The summed E-state index contributed by atoms with van der Waals surface area (Å²) in [7, 11) is 6.11. The van der Waals surface area contributed by atoms with Crippen molar-refractivity contribution in [2.45, 2.75) is 38.6 Å². The number of nitrogens with one attached hydrogen (secondary N) is 2. The van der Waals surface area contributed by atoms with Crippen LogP contribution in [0.5, 0.6) is 0 Å². The molecule has 24 heavy (non-hydrogen) atoms. The SMILES string of the molecule is CN=C(NCCCOCC(C)C)NCC1(N(C)C)CCOCC1.I. The Kier molecular flexibility index (Phi) is 13.1. The number of hydrogen-bond donors (Lipinski definition) is 2. The molecule has 2 N–H and O–H groups in total. The second kappa shape index (κ2) is 13.1. The van der Waals surface area contributed by atoms with Crippen LogP contribution < -0.4 is 10.6 Å². The normalized spacial score (nSPS) is 17.7. The maximum atomic E-state index is 5.59. The van der Waals surface area contributed by atoms with Crippen LogP contribution >= 0.6 is 24.0 Å². The molecule has 1 aliphatic rings. The topological polar surface area (TPSA) is 58.1 Å². The van der Waals surface area contributed by atoms with E-state index in [1.54, 1.807) is 0 Å². The van der Waals surface area contributed by atoms with E-state index < -0.39 is 0 Å². The standard InChI is InChI=1S/C17H36N4O2.HI/c1-15(2)13-23-10-6-9-19-16(18-3)20-14-17(21(4)5)7-11-22-12-8-17;/h15H,6-14H2,1-5H3,(H2,18,19,20);1H. The van der Waals surface area contributed by atoms with Crippen LogP contribution in [0.4, 0.5) is 0 Å². The van der Waals surface area contributed by atoms with Crippen molar-refractivity contribution in [3.8, 4) is 0 Å². The molecular formula is C17H37IN4O2. The van der Waals surface area contributed by atoms with Crippen molar-refractivity contribution in [3.05, 3.63) is 0 Å². The van der Waals surface area contributed by atoms with Crippen molar-refractivity contribution < 1.29 is 9.47 Å². The maximum Gasteiger partial charge on any atom is 0.191 e. The van der Waals surface area contributed by atoms with E-state index in [0.717, 1.165) is 64.7 Å². The van der Waals surface area contributed by atoms with E-state index in [1.807, 2.05) is 7.05 Å². The molecule has 1 heterocycles. The summed E-state index contributed by atoms with van der Waals surface area (Å²) in [5.41, 5.74) is 0.149. The number of guanidine groups is 1. The van der Waals surface area contributed by atoms with E-state index in [9.17, 15) is 0 Å². The first-order chi connectivity index (χ1) is 11.0. The lowest BCUT2D eigenvalue weighted by Gasteiger charge is -2.43. The highest BCUT2D eigenvalue weighted by Gasteiger charge is 2.34. The quantitative estimate of drug-likeness (QED) is 0.241. The Balaban J connectivity index is 0.00000529. The summed E-state index contributed by atoms with van der Waals surface area (Å²) in [6.45, 7) is 9.38. The van der Waals surface area contributed by atoms with Crippen molar-refractivity contribution in [1.29, 1.82) is 0 Å². The number of rotatable bonds is 9. The van der Waals surface area contributed by atoms with Gasteiger partial charge in [0.05, 0.1) is 0 Å². The third-order valence-electron chi connectivity index (χ3n) is 4.39. The number of hydrogen-bond acceptors (Lipinski definition) is 4. The van der Waals surface area contributed by atoms with E-state index in [2.05, 4.69) is 48.5 Å². The minimum atomic E-state index is 0. The van der Waals surface area contributed by atoms with Crippen molar-refractivity contribution in [1.82, 2.24) is 15.5 Å². The zero-order valence-electron chi connectivity index (χ0n) is 16.1. The van der Waals surface area contributed by atoms with Crippen LogP contribution in [0.1, 0.15) is 33.1 Å². The Labute approximate surface area is 165 Å². The molecule has 0 unspecified atom stereocenters. The maximum absolute atomic E-state index is 5.59. The Morgan fingerprint density at radius 1 is 1.25 bits per heavy atom. The molecule has 1 fully saturated rings. The predicted octanol–water partition coefficient (Wildman–Crippen LogP) is 1.94. The lowest BCUT2D eigenvalue weighted by molar-refractivity contribution is -0.00501. The Hall–Kier alpha value is -0.120. The van der Waals surface area contributed by atoms with Gasteiger partial charge >= 0.3 is 0 Å². The van der Waals surface area contributed by atoms with Crippen LogP contribution in [0.15, 0.2) is 4.99 Å². The highest BCUT2D eigenvalue weighted by atomic mass is 127. The van der Waals surface area contributed by atoms with Gasteiger partial charge in [0.25, 0.3) is 0 Å². The fraction of sp³-hybridized carbons (Fsp3) is 0.941. The van der Waals surface area contributed by atoms with Crippen molar-refractivity contribution >= 4 is 29.9 Å². The summed E-state index contributed by atoms with van der Waals surface area (Å²) in [4.78, 5) is 6.63. The zero-order valence-corrected chi connectivity index (χ0v) is 18.4. The van der Waals surface area contributed by atoms with Crippen LogP contribution in [-0.4, -0.2) is 77.1 Å². The Morgan fingerprint density at radius 3 is 2.46 bits per heavy atom. The highest BCUT2D eigenvalue weighted by molar-refractivity contribution is 14.0. The molecular weight excluding hydrogens is 419 g/mol. The zero-order chi connectivity index (χ0) is 17.1. The number of ether oxygens (including phenoxy) is 2. The molecule has 0 aromatic heterocycles. The van der Waals surface area contributed by atoms with Crippen LogP contribution in [0.25, 0.3) is 0 Å². The third-order valence-corrected chi connectivity index (χ3v) is 4.39. The predicted molar refractivity (Wildman–Crippen MR) is 112 cm³/mol. The molecule has 144 valence electrons. The molecule has 1 saturated heterocycles. The molecule has 1 aliphatic heterocycles. The molecule has 0 aromatic carbocycles. The molecule has 0 spiro atoms. The first kappa shape index (κ1) is 23.9. The molecule has 0 aliphatic carbocycles.